The molecule has 0 aliphatic heterocycles. The van der Waals surface area contributed by atoms with Crippen LogP contribution in [0, 0.1) is 0 Å². The van der Waals surface area contributed by atoms with Crippen LogP contribution in [0.25, 0.3) is 0 Å². The summed E-state index contributed by atoms with van der Waals surface area (Å²) < 4.78 is 16.8. The highest BCUT2D eigenvalue weighted by Gasteiger charge is 2.19. The fraction of sp³-hybridized carbons (Fsp3) is 0.742. The SMILES string of the molecule is CC/C=C\C/C=C\C/C=C\C/C=C\C/C=C\C/C=C\CCCCCCCCCCCCCCC(=O)OCC(COC(=O)CCCCCCCCC)OC(=O)CCCCCCC/C=C\CCCCCCCCC. The molecular weight excluding hydrogens is 889 g/mol. The van der Waals surface area contributed by atoms with E-state index in [-0.39, 0.29) is 31.1 Å². The van der Waals surface area contributed by atoms with Crippen LogP contribution in [0.1, 0.15) is 297 Å². The lowest BCUT2D eigenvalue weighted by molar-refractivity contribution is -0.167. The second kappa shape index (κ2) is 60.1. The lowest BCUT2D eigenvalue weighted by Crippen LogP contribution is -2.30. The average Bonchev–Trinajstić information content (AvgIpc) is 3.38. The van der Waals surface area contributed by atoms with Gasteiger partial charge < -0.3 is 14.2 Å². The summed E-state index contributed by atoms with van der Waals surface area (Å²) in [6.45, 7) is 6.49. The first-order valence-electron chi connectivity index (χ1n) is 30.6. The fourth-order valence-electron chi connectivity index (χ4n) is 8.56. The molecule has 0 bridgehead atoms. The van der Waals surface area contributed by atoms with Crippen LogP contribution >= 0.6 is 0 Å². The molecule has 1 unspecified atom stereocenters. The molecule has 0 amide bonds. The molecule has 0 aromatic rings. The van der Waals surface area contributed by atoms with Gasteiger partial charge in [-0.2, -0.15) is 0 Å². The minimum atomic E-state index is -0.777. The molecule has 6 nitrogen and oxygen atoms in total. The molecule has 0 rings (SSSR count). The summed E-state index contributed by atoms with van der Waals surface area (Å²) in [6, 6.07) is 0. The van der Waals surface area contributed by atoms with Crippen molar-refractivity contribution < 1.29 is 28.6 Å². The van der Waals surface area contributed by atoms with E-state index in [1.807, 2.05) is 0 Å². The van der Waals surface area contributed by atoms with Crippen LogP contribution < -0.4 is 0 Å². The smallest absolute Gasteiger partial charge is 0.306 e. The summed E-state index contributed by atoms with van der Waals surface area (Å²) >= 11 is 0. The Morgan fingerprint density at radius 1 is 0.292 bits per heavy atom. The molecule has 72 heavy (non-hydrogen) atoms. The van der Waals surface area contributed by atoms with Crippen LogP contribution in [0.4, 0.5) is 0 Å². The Morgan fingerprint density at radius 2 is 0.542 bits per heavy atom. The first-order chi connectivity index (χ1) is 35.5. The van der Waals surface area contributed by atoms with Gasteiger partial charge in [-0.25, -0.2) is 0 Å². The topological polar surface area (TPSA) is 78.9 Å². The maximum Gasteiger partial charge on any atom is 0.306 e. The first-order valence-corrected chi connectivity index (χ1v) is 30.6. The number of carbonyl (C=O) groups is 3. The number of rotatable bonds is 55. The summed E-state index contributed by atoms with van der Waals surface area (Å²) in [5.41, 5.74) is 0. The Morgan fingerprint density at radius 3 is 0.861 bits per heavy atom. The Labute approximate surface area is 445 Å². The third kappa shape index (κ3) is 57.5. The van der Waals surface area contributed by atoms with Gasteiger partial charge in [0.2, 0.25) is 0 Å². The van der Waals surface area contributed by atoms with Crippen molar-refractivity contribution in [1.29, 1.82) is 0 Å². The van der Waals surface area contributed by atoms with E-state index >= 15 is 0 Å². The Kier molecular flexibility index (Phi) is 57.3. The highest BCUT2D eigenvalue weighted by molar-refractivity contribution is 5.71. The summed E-state index contributed by atoms with van der Waals surface area (Å²) in [5.74, 6) is -0.886. The molecule has 0 N–H and O–H groups in total. The van der Waals surface area contributed by atoms with Gasteiger partial charge in [-0.05, 0) is 96.3 Å². The van der Waals surface area contributed by atoms with Gasteiger partial charge in [-0.1, -0.05) is 266 Å². The summed E-state index contributed by atoms with van der Waals surface area (Å²) in [6.07, 6.45) is 79.0. The van der Waals surface area contributed by atoms with E-state index in [0.717, 1.165) is 109 Å². The number of ether oxygens (including phenoxy) is 3. The van der Waals surface area contributed by atoms with Gasteiger partial charge in [0.25, 0.3) is 0 Å². The third-order valence-electron chi connectivity index (χ3n) is 13.1. The summed E-state index contributed by atoms with van der Waals surface area (Å²) in [7, 11) is 0. The van der Waals surface area contributed by atoms with Gasteiger partial charge in [-0.3, -0.25) is 14.4 Å². The molecule has 0 aliphatic carbocycles. The quantitative estimate of drug-likeness (QED) is 0.0261. The molecule has 414 valence electrons. The van der Waals surface area contributed by atoms with Gasteiger partial charge in [0, 0.05) is 19.3 Å². The van der Waals surface area contributed by atoms with Crippen molar-refractivity contribution in [3.8, 4) is 0 Å². The minimum Gasteiger partial charge on any atom is -0.462 e. The maximum absolute atomic E-state index is 12.8. The molecule has 0 aromatic heterocycles. The Balaban J connectivity index is 4.10. The molecule has 1 atom stereocenters. The molecule has 0 saturated carbocycles. The highest BCUT2D eigenvalue weighted by Crippen LogP contribution is 2.16. The highest BCUT2D eigenvalue weighted by atomic mass is 16.6. The lowest BCUT2D eigenvalue weighted by atomic mass is 10.0. The molecule has 0 aromatic carbocycles. The van der Waals surface area contributed by atoms with Gasteiger partial charge in [0.15, 0.2) is 6.10 Å². The van der Waals surface area contributed by atoms with E-state index in [4.69, 9.17) is 14.2 Å². The number of unbranched alkanes of at least 4 members (excludes halogenated alkanes) is 30. The average molecular weight is 1000 g/mol. The van der Waals surface area contributed by atoms with E-state index in [1.165, 1.54) is 148 Å². The number of hydrogen-bond donors (Lipinski definition) is 0. The third-order valence-corrected chi connectivity index (χ3v) is 13.1. The Bertz CT molecular complexity index is 1380. The standard InChI is InChI=1S/C66H114O6/c1-4-7-10-13-16-18-20-22-24-26-27-28-29-30-31-32-33-34-35-36-37-38-39-40-42-43-45-47-50-53-56-59-65(68)71-62-63(61-70-64(67)58-55-52-49-15-12-9-6-3)72-66(69)60-57-54-51-48-46-44-41-25-23-21-19-17-14-11-8-5-2/h7,10,16,18,22,24-25,27-28,30-31,33-34,41,63H,4-6,8-9,11-15,17,19-21,23,26,29,32,35-40,42-62H2,1-3H3/b10-7-,18-16-,24-22-,28-27-,31-30-,34-33-,41-25-. The van der Waals surface area contributed by atoms with Gasteiger partial charge in [0.1, 0.15) is 13.2 Å². The predicted molar refractivity (Wildman–Crippen MR) is 311 cm³/mol. The predicted octanol–water partition coefficient (Wildman–Crippen LogP) is 20.7. The Hall–Kier alpha value is -3.41. The monoisotopic (exact) mass is 1000 g/mol. The molecule has 0 heterocycles. The molecule has 0 radical (unpaired) electrons. The van der Waals surface area contributed by atoms with Gasteiger partial charge >= 0.3 is 17.9 Å². The van der Waals surface area contributed by atoms with Crippen molar-refractivity contribution in [3.05, 3.63) is 85.1 Å². The van der Waals surface area contributed by atoms with Gasteiger partial charge in [0.05, 0.1) is 0 Å². The van der Waals surface area contributed by atoms with E-state index in [0.29, 0.717) is 19.3 Å². The second-order valence-corrected chi connectivity index (χ2v) is 20.2. The fourth-order valence-corrected chi connectivity index (χ4v) is 8.56. The number of carbonyl (C=O) groups excluding carboxylic acids is 3. The molecule has 6 heteroatoms. The molecule has 0 saturated heterocycles. The van der Waals surface area contributed by atoms with Crippen molar-refractivity contribution >= 4 is 17.9 Å². The number of hydrogen-bond acceptors (Lipinski definition) is 6. The molecule has 0 spiro atoms. The zero-order valence-corrected chi connectivity index (χ0v) is 47.4. The molecule has 0 fully saturated rings. The van der Waals surface area contributed by atoms with E-state index in [1.54, 1.807) is 0 Å². The van der Waals surface area contributed by atoms with Crippen LogP contribution in [0.2, 0.25) is 0 Å². The molecule has 0 aliphatic rings. The largest absolute Gasteiger partial charge is 0.462 e. The second-order valence-electron chi connectivity index (χ2n) is 20.2. The number of esters is 3. The van der Waals surface area contributed by atoms with Crippen molar-refractivity contribution in [3.63, 3.8) is 0 Å². The van der Waals surface area contributed by atoms with Crippen LogP contribution in [0.15, 0.2) is 85.1 Å². The molecular formula is C66H114O6. The van der Waals surface area contributed by atoms with Crippen molar-refractivity contribution in [2.75, 3.05) is 13.2 Å². The van der Waals surface area contributed by atoms with Crippen molar-refractivity contribution in [1.82, 2.24) is 0 Å². The normalized spacial score (nSPS) is 12.7. The van der Waals surface area contributed by atoms with Crippen molar-refractivity contribution in [2.45, 2.75) is 303 Å². The first kappa shape index (κ1) is 68.6. The van der Waals surface area contributed by atoms with E-state index < -0.39 is 6.10 Å². The van der Waals surface area contributed by atoms with E-state index in [2.05, 4.69) is 106 Å². The van der Waals surface area contributed by atoms with Crippen molar-refractivity contribution in [2.24, 2.45) is 0 Å². The zero-order chi connectivity index (χ0) is 52.2. The summed E-state index contributed by atoms with van der Waals surface area (Å²) in [4.78, 5) is 38.0. The minimum absolute atomic E-state index is 0.0775. The maximum atomic E-state index is 12.8. The number of allylic oxidation sites excluding steroid dienone is 14. The van der Waals surface area contributed by atoms with Crippen LogP contribution in [0.5, 0.6) is 0 Å². The van der Waals surface area contributed by atoms with E-state index in [9.17, 15) is 14.4 Å². The van der Waals surface area contributed by atoms with Crippen LogP contribution in [-0.2, 0) is 28.6 Å². The van der Waals surface area contributed by atoms with Crippen LogP contribution in [0.3, 0.4) is 0 Å². The lowest BCUT2D eigenvalue weighted by Gasteiger charge is -2.18. The zero-order valence-electron chi connectivity index (χ0n) is 47.4. The van der Waals surface area contributed by atoms with Crippen LogP contribution in [-0.4, -0.2) is 37.2 Å². The van der Waals surface area contributed by atoms with Gasteiger partial charge in [-0.15, -0.1) is 0 Å². The summed E-state index contributed by atoms with van der Waals surface area (Å²) in [5, 5.41) is 0.